The van der Waals surface area contributed by atoms with Crippen molar-refractivity contribution in [1.29, 1.82) is 0 Å². The van der Waals surface area contributed by atoms with E-state index in [0.29, 0.717) is 6.54 Å². The summed E-state index contributed by atoms with van der Waals surface area (Å²) in [7, 11) is -4.56. The van der Waals surface area contributed by atoms with Gasteiger partial charge in [-0.15, -0.1) is 11.7 Å². The Balaban J connectivity index is 2.59. The Morgan fingerprint density at radius 1 is 1.64 bits per heavy atom. The molecule has 0 aromatic heterocycles. The highest BCUT2D eigenvalue weighted by atomic mass is 35.7. The molecule has 0 fully saturated rings. The molecule has 1 heterocycles. The van der Waals surface area contributed by atoms with Gasteiger partial charge in [0.15, 0.2) is 0 Å². The van der Waals surface area contributed by atoms with Crippen LogP contribution in [-0.4, -0.2) is 29.3 Å². The molecule has 2 N–H and O–H groups in total. The van der Waals surface area contributed by atoms with Gasteiger partial charge in [0.2, 0.25) is 0 Å². The molecule has 0 aliphatic carbocycles. The molecule has 0 saturated carbocycles. The zero-order chi connectivity index (χ0) is 10.8. The summed E-state index contributed by atoms with van der Waals surface area (Å²) in [4.78, 5) is 0. The molecule has 1 aliphatic rings. The van der Waals surface area contributed by atoms with E-state index in [1.165, 1.54) is 5.01 Å². The van der Waals surface area contributed by atoms with E-state index in [9.17, 15) is 14.0 Å². The molecule has 0 unspecified atom stereocenters. The lowest BCUT2D eigenvalue weighted by atomic mass is 10.6. The van der Waals surface area contributed by atoms with Crippen LogP contribution in [0, 0.1) is 10.2 Å². The van der Waals surface area contributed by atoms with E-state index in [-0.39, 0.29) is 6.67 Å². The molecule has 0 amide bonds. The predicted molar refractivity (Wildman–Crippen MR) is 36.3 cm³/mol. The first-order valence-corrected chi connectivity index (χ1v) is 4.73. The van der Waals surface area contributed by atoms with E-state index >= 15 is 0 Å². The van der Waals surface area contributed by atoms with Crippen molar-refractivity contribution in [1.82, 2.24) is 10.0 Å². The maximum Gasteiger partial charge on any atom is 0.488 e. The van der Waals surface area contributed by atoms with Crippen molar-refractivity contribution in [3.05, 3.63) is 12.7 Å². The van der Waals surface area contributed by atoms with E-state index in [0.717, 1.165) is 5.01 Å². The Kier molecular flexibility index (Phi) is 3.13. The summed E-state index contributed by atoms with van der Waals surface area (Å²) < 4.78 is 34.5. The van der Waals surface area contributed by atoms with Crippen molar-refractivity contribution in [2.45, 2.75) is 0 Å². The fourth-order valence-corrected chi connectivity index (χ4v) is 1.13. The maximum atomic E-state index is 10.2. The quantitative estimate of drug-likeness (QED) is 0.381. The molecule has 0 aromatic carbocycles. The van der Waals surface area contributed by atoms with Gasteiger partial charge in [-0.1, -0.05) is 6.08 Å². The van der Waals surface area contributed by atoms with Crippen LogP contribution in [0.2, 0.25) is 0 Å². The van der Waals surface area contributed by atoms with Gasteiger partial charge in [-0.3, -0.25) is 5.01 Å². The predicted octanol–water partition coefficient (Wildman–Crippen LogP) is -4.19. The van der Waals surface area contributed by atoms with Crippen molar-refractivity contribution in [3.63, 3.8) is 0 Å². The first kappa shape index (κ1) is 11.0. The SMILES string of the molecule is C=CCN1CN(N)C(O[Cl+3]([O-])([O-])[O-])=N1. The molecule has 0 aromatic rings. The van der Waals surface area contributed by atoms with Gasteiger partial charge in [-0.25, -0.2) is 10.9 Å². The van der Waals surface area contributed by atoms with Gasteiger partial charge in [0.25, 0.3) is 0 Å². The van der Waals surface area contributed by atoms with Gasteiger partial charge < -0.3 is 0 Å². The number of amidine groups is 1. The molecule has 1 aliphatic heterocycles. The monoisotopic (exact) mass is 224 g/mol. The standard InChI is InChI=1S/C5H9ClN4O4/c1-2-3-9-4-10(7)5(8-9)14-6(11,12)13/h2H,1,3-4,7H2. The first-order chi connectivity index (χ1) is 6.42. The summed E-state index contributed by atoms with van der Waals surface area (Å²) in [6.45, 7) is 3.96. The van der Waals surface area contributed by atoms with Gasteiger partial charge >= 0.3 is 6.02 Å². The molecule has 14 heavy (non-hydrogen) atoms. The minimum Gasteiger partial charge on any atom is -0.267 e. The van der Waals surface area contributed by atoms with Crippen LogP contribution < -0.4 is 19.8 Å². The second-order valence-corrected chi connectivity index (χ2v) is 3.34. The average molecular weight is 225 g/mol. The Labute approximate surface area is 82.2 Å². The lowest BCUT2D eigenvalue weighted by molar-refractivity contribution is -1.92. The zero-order valence-corrected chi connectivity index (χ0v) is 7.88. The van der Waals surface area contributed by atoms with Crippen LogP contribution in [0.3, 0.4) is 0 Å². The summed E-state index contributed by atoms with van der Waals surface area (Å²) in [6, 6.07) is -0.455. The maximum absolute atomic E-state index is 10.2. The third kappa shape index (κ3) is 3.01. The smallest absolute Gasteiger partial charge is 0.267 e. The highest BCUT2D eigenvalue weighted by Gasteiger charge is 2.33. The number of rotatable bonds is 3. The van der Waals surface area contributed by atoms with Crippen molar-refractivity contribution in [2.24, 2.45) is 10.9 Å². The van der Waals surface area contributed by atoms with Crippen LogP contribution >= 0.6 is 0 Å². The molecule has 8 nitrogen and oxygen atoms in total. The van der Waals surface area contributed by atoms with Crippen molar-refractivity contribution < 1.29 is 28.5 Å². The molecular formula is C5H9ClN4O4. The fraction of sp³-hybridized carbons (Fsp3) is 0.400. The Bertz CT molecular complexity index is 253. The van der Waals surface area contributed by atoms with Crippen LogP contribution in [0.25, 0.3) is 0 Å². The molecule has 80 valence electrons. The third-order valence-corrected chi connectivity index (χ3v) is 1.62. The summed E-state index contributed by atoms with van der Waals surface area (Å²) in [6.07, 6.45) is 1.55. The van der Waals surface area contributed by atoms with Crippen molar-refractivity contribution in [2.75, 3.05) is 13.2 Å². The Hall–Kier alpha value is -1.06. The van der Waals surface area contributed by atoms with Crippen molar-refractivity contribution >= 4 is 6.02 Å². The average Bonchev–Trinajstić information content (AvgIpc) is 2.29. The summed E-state index contributed by atoms with van der Waals surface area (Å²) in [5, 5.41) is 5.89. The van der Waals surface area contributed by atoms with Gasteiger partial charge in [0.05, 0.1) is 6.54 Å². The lowest BCUT2D eigenvalue weighted by Crippen LogP contribution is -2.63. The van der Waals surface area contributed by atoms with Crippen LogP contribution in [0.5, 0.6) is 0 Å². The minimum atomic E-state index is -4.56. The van der Waals surface area contributed by atoms with Crippen molar-refractivity contribution in [3.8, 4) is 0 Å². The normalized spacial score (nSPS) is 17.0. The van der Waals surface area contributed by atoms with E-state index in [1.807, 2.05) is 0 Å². The number of nitrogens with zero attached hydrogens (tertiary/aromatic N) is 3. The number of hydrogen-bond donors (Lipinski definition) is 1. The fourth-order valence-electron chi connectivity index (χ4n) is 0.838. The molecule has 0 atom stereocenters. The van der Waals surface area contributed by atoms with E-state index < -0.39 is 16.3 Å². The summed E-state index contributed by atoms with van der Waals surface area (Å²) >= 11 is 0. The van der Waals surface area contributed by atoms with Crippen LogP contribution in [0.1, 0.15) is 0 Å². The van der Waals surface area contributed by atoms with Crippen LogP contribution in [0.4, 0.5) is 0 Å². The van der Waals surface area contributed by atoms with E-state index in [2.05, 4.69) is 16.0 Å². The third-order valence-electron chi connectivity index (χ3n) is 1.29. The molecule has 0 radical (unpaired) electrons. The molecule has 0 bridgehead atoms. The number of hydrazine groups is 1. The van der Waals surface area contributed by atoms with Gasteiger partial charge in [0.1, 0.15) is 16.9 Å². The molecule has 9 heteroatoms. The van der Waals surface area contributed by atoms with Crippen LogP contribution in [0.15, 0.2) is 17.8 Å². The number of halogens is 1. The second-order valence-electron chi connectivity index (χ2n) is 2.43. The van der Waals surface area contributed by atoms with Crippen LogP contribution in [-0.2, 0) is 4.29 Å². The largest absolute Gasteiger partial charge is 0.488 e. The molecule has 1 rings (SSSR count). The second kappa shape index (κ2) is 3.98. The van der Waals surface area contributed by atoms with Gasteiger partial charge in [-0.05, 0) is 4.29 Å². The van der Waals surface area contributed by atoms with Gasteiger partial charge in [-0.2, -0.15) is 14.0 Å². The minimum absolute atomic E-state index is 0.131. The summed E-state index contributed by atoms with van der Waals surface area (Å²) in [5.41, 5.74) is 0. The highest BCUT2D eigenvalue weighted by Crippen LogP contribution is 2.06. The number of hydrogen-bond acceptors (Lipinski definition) is 8. The van der Waals surface area contributed by atoms with E-state index in [4.69, 9.17) is 5.84 Å². The Morgan fingerprint density at radius 3 is 2.79 bits per heavy atom. The van der Waals surface area contributed by atoms with Gasteiger partial charge in [0, 0.05) is 0 Å². The summed E-state index contributed by atoms with van der Waals surface area (Å²) in [5.74, 6) is 5.30. The molecular weight excluding hydrogens is 216 g/mol. The molecule has 0 saturated heterocycles. The molecule has 0 spiro atoms. The zero-order valence-electron chi connectivity index (χ0n) is 7.13. The Morgan fingerprint density at radius 2 is 2.29 bits per heavy atom. The first-order valence-electron chi connectivity index (χ1n) is 3.49. The topological polar surface area (TPSA) is 123 Å². The number of nitrogens with two attached hydrogens (primary N) is 1. The van der Waals surface area contributed by atoms with E-state index in [1.54, 1.807) is 6.08 Å². The highest BCUT2D eigenvalue weighted by molar-refractivity contribution is 5.73. The lowest BCUT2D eigenvalue weighted by Gasteiger charge is -2.14. The number of hydrazone groups is 1.